The summed E-state index contributed by atoms with van der Waals surface area (Å²) in [4.78, 5) is 50.8. The van der Waals surface area contributed by atoms with Gasteiger partial charge in [-0.05, 0) is 72.4 Å². The molecule has 2 fully saturated rings. The van der Waals surface area contributed by atoms with Gasteiger partial charge in [0.2, 0.25) is 11.8 Å². The van der Waals surface area contributed by atoms with Crippen molar-refractivity contribution in [2.24, 2.45) is 5.92 Å². The molecule has 1 aromatic heterocycles. The Hall–Kier alpha value is -4.55. The van der Waals surface area contributed by atoms with Crippen molar-refractivity contribution < 1.29 is 33.4 Å². The molecule has 46 heavy (non-hydrogen) atoms. The molecule has 1 N–H and O–H groups in total. The molecule has 2 saturated heterocycles. The number of ether oxygens (including phenoxy) is 3. The zero-order valence-corrected chi connectivity index (χ0v) is 27.5. The minimum Gasteiger partial charge on any atom is -0.490 e. The summed E-state index contributed by atoms with van der Waals surface area (Å²) in [6.45, 7) is 11.3. The normalized spacial score (nSPS) is 17.1. The van der Waals surface area contributed by atoms with E-state index in [1.807, 2.05) is 40.7 Å². The SMILES string of the molecule is CONC(=O)c1cc2c(C#CC3CCN(C(=O)OC(C)(C)C)CC3)cnc(OC3CCCN(C(=O)CC#N)C3)c2cc1OC(C)C. The van der Waals surface area contributed by atoms with Crippen LogP contribution < -0.4 is 15.0 Å². The summed E-state index contributed by atoms with van der Waals surface area (Å²) in [6.07, 6.45) is 3.44. The van der Waals surface area contributed by atoms with E-state index in [9.17, 15) is 14.4 Å². The van der Waals surface area contributed by atoms with E-state index in [0.29, 0.717) is 73.4 Å². The molecule has 2 aliphatic heterocycles. The highest BCUT2D eigenvalue weighted by molar-refractivity contribution is 6.03. The van der Waals surface area contributed by atoms with Crippen molar-refractivity contribution >= 4 is 28.7 Å². The topological polar surface area (TPSA) is 143 Å². The Morgan fingerprint density at radius 2 is 1.83 bits per heavy atom. The molecule has 246 valence electrons. The highest BCUT2D eigenvalue weighted by Gasteiger charge is 2.28. The Bertz CT molecular complexity index is 1540. The van der Waals surface area contributed by atoms with Crippen LogP contribution >= 0.6 is 0 Å². The quantitative estimate of drug-likeness (QED) is 0.342. The van der Waals surface area contributed by atoms with E-state index in [0.717, 1.165) is 6.42 Å². The van der Waals surface area contributed by atoms with Crippen molar-refractivity contribution in [3.05, 3.63) is 29.5 Å². The molecule has 3 heterocycles. The van der Waals surface area contributed by atoms with Gasteiger partial charge in [0.15, 0.2) is 0 Å². The molecule has 4 rings (SSSR count). The van der Waals surface area contributed by atoms with Gasteiger partial charge in [-0.2, -0.15) is 5.26 Å². The summed E-state index contributed by atoms with van der Waals surface area (Å²) in [5.74, 6) is 6.65. The first-order valence-electron chi connectivity index (χ1n) is 15.7. The molecule has 3 amide bonds. The molecule has 2 aliphatic rings. The summed E-state index contributed by atoms with van der Waals surface area (Å²) in [5, 5.41) is 10.2. The average Bonchev–Trinajstić information content (AvgIpc) is 3.00. The first-order chi connectivity index (χ1) is 21.9. The van der Waals surface area contributed by atoms with E-state index in [-0.39, 0.29) is 42.1 Å². The van der Waals surface area contributed by atoms with Crippen LogP contribution in [0.1, 0.15) is 82.6 Å². The maximum absolute atomic E-state index is 13.0. The lowest BCUT2D eigenvalue weighted by Crippen LogP contribution is -2.44. The molecule has 0 aliphatic carbocycles. The molecule has 0 bridgehead atoms. The Labute approximate surface area is 270 Å². The summed E-state index contributed by atoms with van der Waals surface area (Å²) < 4.78 is 17.9. The van der Waals surface area contributed by atoms with Crippen LogP contribution in [0.5, 0.6) is 11.6 Å². The number of nitrogens with zero attached hydrogens (tertiary/aromatic N) is 4. The van der Waals surface area contributed by atoms with Crippen molar-refractivity contribution in [2.75, 3.05) is 33.3 Å². The van der Waals surface area contributed by atoms with E-state index in [4.69, 9.17) is 24.3 Å². The molecule has 1 unspecified atom stereocenters. The number of nitriles is 1. The van der Waals surface area contributed by atoms with Gasteiger partial charge in [-0.1, -0.05) is 11.8 Å². The van der Waals surface area contributed by atoms with Gasteiger partial charge < -0.3 is 24.0 Å². The predicted octanol–water partition coefficient (Wildman–Crippen LogP) is 4.60. The van der Waals surface area contributed by atoms with Crippen LogP contribution in [0.25, 0.3) is 10.8 Å². The Kier molecular flexibility index (Phi) is 11.3. The zero-order chi connectivity index (χ0) is 33.4. The smallest absolute Gasteiger partial charge is 0.410 e. The van der Waals surface area contributed by atoms with E-state index in [1.165, 1.54) is 7.11 Å². The number of benzene rings is 1. The van der Waals surface area contributed by atoms with E-state index in [1.54, 1.807) is 28.1 Å². The first-order valence-corrected chi connectivity index (χ1v) is 15.7. The number of fused-ring (bicyclic) bond motifs is 1. The van der Waals surface area contributed by atoms with Gasteiger partial charge in [-0.15, -0.1) is 0 Å². The van der Waals surface area contributed by atoms with E-state index in [2.05, 4.69) is 22.3 Å². The molecule has 1 atom stereocenters. The number of hydrogen-bond acceptors (Lipinski definition) is 9. The zero-order valence-electron chi connectivity index (χ0n) is 27.5. The molecule has 1 aromatic carbocycles. The third-order valence-electron chi connectivity index (χ3n) is 7.55. The summed E-state index contributed by atoms with van der Waals surface area (Å²) in [5.41, 5.74) is 2.69. The Morgan fingerprint density at radius 3 is 2.48 bits per heavy atom. The lowest BCUT2D eigenvalue weighted by Gasteiger charge is -2.32. The first kappa shape index (κ1) is 34.3. The highest BCUT2D eigenvalue weighted by atomic mass is 16.6. The Morgan fingerprint density at radius 1 is 1.09 bits per heavy atom. The van der Waals surface area contributed by atoms with Crippen molar-refractivity contribution in [1.29, 1.82) is 5.26 Å². The molecule has 0 spiro atoms. The maximum Gasteiger partial charge on any atom is 0.410 e. The second-order valence-electron chi connectivity index (χ2n) is 12.7. The Balaban J connectivity index is 1.66. The van der Waals surface area contributed by atoms with Gasteiger partial charge in [0, 0.05) is 42.5 Å². The minimum atomic E-state index is -0.554. The molecule has 0 saturated carbocycles. The van der Waals surface area contributed by atoms with Crippen molar-refractivity contribution in [3.63, 3.8) is 0 Å². The van der Waals surface area contributed by atoms with Gasteiger partial charge in [0.25, 0.3) is 5.91 Å². The van der Waals surface area contributed by atoms with Crippen LogP contribution in [0, 0.1) is 29.1 Å². The number of carbonyl (C=O) groups is 3. The van der Waals surface area contributed by atoms with Gasteiger partial charge in [-0.25, -0.2) is 15.3 Å². The number of hydrogen-bond donors (Lipinski definition) is 1. The fourth-order valence-corrected chi connectivity index (χ4v) is 5.42. The summed E-state index contributed by atoms with van der Waals surface area (Å²) >= 11 is 0. The third-order valence-corrected chi connectivity index (χ3v) is 7.55. The summed E-state index contributed by atoms with van der Waals surface area (Å²) in [7, 11) is 1.36. The second-order valence-corrected chi connectivity index (χ2v) is 12.7. The number of rotatable bonds is 7. The van der Waals surface area contributed by atoms with Crippen LogP contribution in [-0.2, 0) is 14.4 Å². The lowest BCUT2D eigenvalue weighted by molar-refractivity contribution is -0.132. The average molecular weight is 634 g/mol. The largest absolute Gasteiger partial charge is 0.490 e. The molecule has 12 nitrogen and oxygen atoms in total. The van der Waals surface area contributed by atoms with Crippen LogP contribution in [0.3, 0.4) is 0 Å². The van der Waals surface area contributed by atoms with E-state index < -0.39 is 11.5 Å². The molecule has 2 aromatic rings. The molecule has 0 radical (unpaired) electrons. The monoisotopic (exact) mass is 633 g/mol. The van der Waals surface area contributed by atoms with Gasteiger partial charge in [0.1, 0.15) is 23.9 Å². The number of piperidine rings is 2. The maximum atomic E-state index is 13.0. The van der Waals surface area contributed by atoms with Gasteiger partial charge in [-0.3, -0.25) is 14.4 Å². The standard InChI is InChI=1S/C34H43N5O7/c1-22(2)44-29-19-27-26(18-28(29)31(41)37-43-6)24(10-9-23-12-16-38(17-13-23)33(42)46-34(3,4)5)20-36-32(27)45-25-8-7-15-39(21-25)30(40)11-14-35/h18-20,22-23,25H,7-8,11-13,15-17,21H2,1-6H3,(H,37,41). The number of nitrogens with one attached hydrogen (secondary N) is 1. The van der Waals surface area contributed by atoms with Gasteiger partial charge in [0.05, 0.1) is 37.0 Å². The van der Waals surface area contributed by atoms with Crippen molar-refractivity contribution in [1.82, 2.24) is 20.3 Å². The lowest BCUT2D eigenvalue weighted by atomic mass is 9.96. The summed E-state index contributed by atoms with van der Waals surface area (Å²) in [6, 6.07) is 5.35. The van der Waals surface area contributed by atoms with Crippen LogP contribution in [-0.4, -0.2) is 83.8 Å². The molecular formula is C34H43N5O7. The number of pyridine rings is 1. The fourth-order valence-electron chi connectivity index (χ4n) is 5.42. The van der Waals surface area contributed by atoms with Crippen LogP contribution in [0.15, 0.2) is 18.3 Å². The van der Waals surface area contributed by atoms with Crippen LogP contribution in [0.2, 0.25) is 0 Å². The molecular weight excluding hydrogens is 590 g/mol. The van der Waals surface area contributed by atoms with Crippen molar-refractivity contribution in [2.45, 2.75) is 84.5 Å². The molecule has 12 heteroatoms. The van der Waals surface area contributed by atoms with Crippen molar-refractivity contribution in [3.8, 4) is 29.5 Å². The number of amides is 3. The number of likely N-dealkylation sites (tertiary alicyclic amines) is 2. The number of carbonyl (C=O) groups excluding carboxylic acids is 3. The van der Waals surface area contributed by atoms with E-state index >= 15 is 0 Å². The number of hydroxylamine groups is 1. The van der Waals surface area contributed by atoms with Crippen LogP contribution in [0.4, 0.5) is 4.79 Å². The predicted molar refractivity (Wildman–Crippen MR) is 170 cm³/mol. The highest BCUT2D eigenvalue weighted by Crippen LogP contribution is 2.35. The fraction of sp³-hybridized carbons (Fsp3) is 0.559. The number of aromatic nitrogens is 1. The minimum absolute atomic E-state index is 0.0589. The third kappa shape index (κ3) is 9.01. The van der Waals surface area contributed by atoms with Gasteiger partial charge >= 0.3 is 6.09 Å². The second kappa shape index (κ2) is 15.2.